The second-order valence-electron chi connectivity index (χ2n) is 7.59. The molecule has 0 aliphatic heterocycles. The Hall–Kier alpha value is -3.55. The second-order valence-corrected chi connectivity index (χ2v) is 7.59. The van der Waals surface area contributed by atoms with Gasteiger partial charge in [0.05, 0.1) is 12.2 Å². The molecule has 4 aromatic rings. The Morgan fingerprint density at radius 1 is 1.10 bits per heavy atom. The number of imidazole rings is 1. The van der Waals surface area contributed by atoms with Crippen LogP contribution in [0, 0.1) is 0 Å². The van der Waals surface area contributed by atoms with E-state index in [1.54, 1.807) is 4.57 Å². The maximum Gasteiger partial charge on any atom is 0.328 e. The molecule has 0 bridgehead atoms. The van der Waals surface area contributed by atoms with E-state index < -0.39 is 0 Å². The van der Waals surface area contributed by atoms with E-state index in [0.29, 0.717) is 12.4 Å². The average Bonchev–Trinajstić information content (AvgIpc) is 3.39. The molecule has 8 nitrogen and oxygen atoms in total. The predicted octanol–water partition coefficient (Wildman–Crippen LogP) is 3.47. The molecule has 154 valence electrons. The quantitative estimate of drug-likeness (QED) is 0.510. The number of aryl methyl sites for hydroxylation is 1. The Balaban J connectivity index is 1.65. The molecule has 4 rings (SSSR count). The molecule has 0 fully saturated rings. The van der Waals surface area contributed by atoms with Crippen LogP contribution in [-0.2, 0) is 13.0 Å². The fraction of sp³-hybridized carbons (Fsp3) is 0.318. The number of tetrazole rings is 1. The van der Waals surface area contributed by atoms with Crippen LogP contribution in [-0.4, -0.2) is 34.7 Å². The molecule has 0 atom stereocenters. The third-order valence-electron chi connectivity index (χ3n) is 5.12. The maximum absolute atomic E-state index is 12.9. The van der Waals surface area contributed by atoms with E-state index in [-0.39, 0.29) is 11.7 Å². The summed E-state index contributed by atoms with van der Waals surface area (Å²) in [6, 6.07) is 12.0. The van der Waals surface area contributed by atoms with Crippen molar-refractivity contribution < 1.29 is 0 Å². The van der Waals surface area contributed by atoms with Crippen LogP contribution >= 0.6 is 0 Å². The summed E-state index contributed by atoms with van der Waals surface area (Å²) in [7, 11) is 0. The van der Waals surface area contributed by atoms with E-state index >= 15 is 0 Å². The number of H-pyrrole nitrogens is 1. The Morgan fingerprint density at radius 3 is 2.53 bits per heavy atom. The summed E-state index contributed by atoms with van der Waals surface area (Å²) >= 11 is 0. The average molecular weight is 403 g/mol. The van der Waals surface area contributed by atoms with Gasteiger partial charge in [0.1, 0.15) is 0 Å². The second kappa shape index (κ2) is 8.44. The Labute approximate surface area is 174 Å². The molecule has 3 aromatic heterocycles. The van der Waals surface area contributed by atoms with Gasteiger partial charge in [-0.25, -0.2) is 9.89 Å². The van der Waals surface area contributed by atoms with Crippen molar-refractivity contribution in [3.8, 4) is 22.6 Å². The van der Waals surface area contributed by atoms with Crippen molar-refractivity contribution in [1.29, 1.82) is 0 Å². The highest BCUT2D eigenvalue weighted by molar-refractivity contribution is 5.78. The normalized spacial score (nSPS) is 11.3. The van der Waals surface area contributed by atoms with Gasteiger partial charge in [-0.05, 0) is 42.3 Å². The lowest BCUT2D eigenvalue weighted by Gasteiger charge is -2.09. The van der Waals surface area contributed by atoms with Crippen molar-refractivity contribution in [3.63, 3.8) is 0 Å². The molecule has 0 saturated carbocycles. The summed E-state index contributed by atoms with van der Waals surface area (Å²) in [5.41, 5.74) is 4.73. The van der Waals surface area contributed by atoms with Crippen LogP contribution in [0.25, 0.3) is 22.6 Å². The van der Waals surface area contributed by atoms with Crippen LogP contribution in [0.1, 0.15) is 44.5 Å². The number of hydrogen-bond donors (Lipinski definition) is 1. The number of aromatic nitrogens is 7. The first-order chi connectivity index (χ1) is 14.6. The number of rotatable bonds is 7. The molecule has 0 unspecified atom stereocenters. The van der Waals surface area contributed by atoms with Gasteiger partial charge in [-0.2, -0.15) is 0 Å². The zero-order chi connectivity index (χ0) is 21.1. The largest absolute Gasteiger partial charge is 0.328 e. The zero-order valence-corrected chi connectivity index (χ0v) is 17.4. The van der Waals surface area contributed by atoms with Gasteiger partial charge in [-0.3, -0.25) is 14.1 Å². The van der Waals surface area contributed by atoms with Gasteiger partial charge in [0.15, 0.2) is 5.82 Å². The molecule has 0 aliphatic rings. The highest BCUT2D eigenvalue weighted by Crippen LogP contribution is 2.28. The standard InChI is InChI=1S/C22H25N7O/c1-4-7-17-14-28(15(2)3)22(30)29(17)13-16-10-11-20(23-12-16)18-8-5-6-9-19(18)21-24-26-27-25-21/h5-6,8-12,14-15H,4,7,13H2,1-3H3,(H,24,25,26,27). The third kappa shape index (κ3) is 3.80. The van der Waals surface area contributed by atoms with Crippen molar-refractivity contribution in [3.05, 3.63) is 70.5 Å². The van der Waals surface area contributed by atoms with Gasteiger partial charge >= 0.3 is 5.69 Å². The molecular formula is C22H25N7O. The number of benzene rings is 1. The van der Waals surface area contributed by atoms with E-state index in [4.69, 9.17) is 0 Å². The van der Waals surface area contributed by atoms with Crippen LogP contribution in [0.4, 0.5) is 0 Å². The summed E-state index contributed by atoms with van der Waals surface area (Å²) in [5, 5.41) is 14.1. The van der Waals surface area contributed by atoms with Crippen LogP contribution in [0.3, 0.4) is 0 Å². The first kappa shape index (κ1) is 19.8. The first-order valence-corrected chi connectivity index (χ1v) is 10.2. The van der Waals surface area contributed by atoms with Crippen molar-refractivity contribution >= 4 is 0 Å². The van der Waals surface area contributed by atoms with E-state index in [1.165, 1.54) is 0 Å². The molecule has 0 spiro atoms. The lowest BCUT2D eigenvalue weighted by atomic mass is 10.0. The van der Waals surface area contributed by atoms with Gasteiger partial charge < -0.3 is 0 Å². The van der Waals surface area contributed by atoms with E-state index in [0.717, 1.165) is 40.9 Å². The molecular weight excluding hydrogens is 378 g/mol. The van der Waals surface area contributed by atoms with Crippen molar-refractivity contribution in [2.75, 3.05) is 0 Å². The van der Waals surface area contributed by atoms with Crippen molar-refractivity contribution in [1.82, 2.24) is 34.7 Å². The molecule has 0 radical (unpaired) electrons. The van der Waals surface area contributed by atoms with Gasteiger partial charge in [0, 0.05) is 35.3 Å². The minimum atomic E-state index is 0.0284. The molecule has 30 heavy (non-hydrogen) atoms. The van der Waals surface area contributed by atoms with Crippen molar-refractivity contribution in [2.45, 2.75) is 46.2 Å². The topological polar surface area (TPSA) is 94.3 Å². The third-order valence-corrected chi connectivity index (χ3v) is 5.12. The van der Waals surface area contributed by atoms with Gasteiger partial charge in [-0.1, -0.05) is 43.7 Å². The fourth-order valence-electron chi connectivity index (χ4n) is 3.59. The summed E-state index contributed by atoms with van der Waals surface area (Å²) in [6.07, 6.45) is 5.69. The molecule has 0 aliphatic carbocycles. The molecule has 1 aromatic carbocycles. The van der Waals surface area contributed by atoms with Gasteiger partial charge in [0.25, 0.3) is 0 Å². The lowest BCUT2D eigenvalue weighted by molar-refractivity contribution is 0.560. The van der Waals surface area contributed by atoms with E-state index in [1.807, 2.05) is 67.2 Å². The minimum absolute atomic E-state index is 0.0284. The van der Waals surface area contributed by atoms with Gasteiger partial charge in [-0.15, -0.1) is 5.10 Å². The minimum Gasteiger partial charge on any atom is -0.296 e. The van der Waals surface area contributed by atoms with Crippen molar-refractivity contribution in [2.24, 2.45) is 0 Å². The highest BCUT2D eigenvalue weighted by Gasteiger charge is 2.14. The van der Waals surface area contributed by atoms with Crippen LogP contribution in [0.15, 0.2) is 53.6 Å². The summed E-state index contributed by atoms with van der Waals surface area (Å²) in [5.74, 6) is 0.599. The highest BCUT2D eigenvalue weighted by atomic mass is 16.1. The van der Waals surface area contributed by atoms with Gasteiger partial charge in [0.2, 0.25) is 0 Å². The van der Waals surface area contributed by atoms with E-state index in [2.05, 4.69) is 32.5 Å². The first-order valence-electron chi connectivity index (χ1n) is 10.2. The molecule has 3 heterocycles. The maximum atomic E-state index is 12.9. The number of nitrogens with one attached hydrogen (secondary N) is 1. The number of hydrogen-bond acceptors (Lipinski definition) is 5. The SMILES string of the molecule is CCCc1cn(C(C)C)c(=O)n1Cc1ccc(-c2ccccc2-c2nnn[nH]2)nc1. The van der Waals surface area contributed by atoms with Crippen LogP contribution in [0.2, 0.25) is 0 Å². The monoisotopic (exact) mass is 403 g/mol. The summed E-state index contributed by atoms with van der Waals surface area (Å²) < 4.78 is 3.66. The fourth-order valence-corrected chi connectivity index (χ4v) is 3.59. The lowest BCUT2D eigenvalue weighted by Crippen LogP contribution is -2.26. The Kier molecular flexibility index (Phi) is 5.56. The van der Waals surface area contributed by atoms with Crippen LogP contribution in [0.5, 0.6) is 0 Å². The molecule has 1 N–H and O–H groups in total. The van der Waals surface area contributed by atoms with Crippen LogP contribution < -0.4 is 5.69 Å². The molecule has 0 saturated heterocycles. The smallest absolute Gasteiger partial charge is 0.296 e. The molecule has 8 heteroatoms. The number of aromatic amines is 1. The number of pyridine rings is 1. The predicted molar refractivity (Wildman–Crippen MR) is 115 cm³/mol. The van der Waals surface area contributed by atoms with E-state index in [9.17, 15) is 4.79 Å². The molecule has 0 amide bonds. The summed E-state index contributed by atoms with van der Waals surface area (Å²) in [6.45, 7) is 6.69. The Bertz CT molecular complexity index is 1170. The summed E-state index contributed by atoms with van der Waals surface area (Å²) in [4.78, 5) is 17.5. The Morgan fingerprint density at radius 2 is 1.90 bits per heavy atom. The zero-order valence-electron chi connectivity index (χ0n) is 17.4. The number of nitrogens with zero attached hydrogens (tertiary/aromatic N) is 6.